The predicted molar refractivity (Wildman–Crippen MR) is 120 cm³/mol. The highest BCUT2D eigenvalue weighted by molar-refractivity contribution is 7.80. The summed E-state index contributed by atoms with van der Waals surface area (Å²) in [7, 11) is 0. The zero-order valence-electron chi connectivity index (χ0n) is 16.9. The zero-order chi connectivity index (χ0) is 20.5. The van der Waals surface area contributed by atoms with Crippen LogP contribution in [0.2, 0.25) is 0 Å². The van der Waals surface area contributed by atoms with Gasteiger partial charge in [0.05, 0.1) is 6.10 Å². The highest BCUT2D eigenvalue weighted by Crippen LogP contribution is 2.10. The quantitative estimate of drug-likeness (QED) is 0.382. The lowest BCUT2D eigenvalue weighted by Crippen LogP contribution is -2.45. The summed E-state index contributed by atoms with van der Waals surface area (Å²) in [5.41, 5.74) is 3.02. The first-order chi connectivity index (χ1) is 14.1. The van der Waals surface area contributed by atoms with E-state index in [9.17, 15) is 0 Å². The van der Waals surface area contributed by atoms with Crippen LogP contribution in [0.5, 0.6) is 0 Å². The average molecular weight is 413 g/mol. The lowest BCUT2D eigenvalue weighted by atomic mass is 10.2. The molecule has 3 N–H and O–H groups in total. The Hall–Kier alpha value is -2.58. The molecule has 1 unspecified atom stereocenters. The van der Waals surface area contributed by atoms with E-state index < -0.39 is 0 Å². The van der Waals surface area contributed by atoms with Crippen molar-refractivity contribution in [2.45, 2.75) is 39.2 Å². The van der Waals surface area contributed by atoms with Gasteiger partial charge in [-0.2, -0.15) is 0 Å². The van der Waals surface area contributed by atoms with Crippen LogP contribution in [0.25, 0.3) is 0 Å². The minimum Gasteiger partial charge on any atom is -0.376 e. The number of aromatic nitrogens is 2. The predicted octanol–water partition coefficient (Wildman–Crippen LogP) is 2.75. The van der Waals surface area contributed by atoms with Gasteiger partial charge in [-0.05, 0) is 57.0 Å². The number of aliphatic imine (C=N–C) groups is 1. The Kier molecular flexibility index (Phi) is 7.89. The van der Waals surface area contributed by atoms with Crippen LogP contribution in [0.3, 0.4) is 0 Å². The van der Waals surface area contributed by atoms with Gasteiger partial charge in [0.15, 0.2) is 5.11 Å². The maximum absolute atomic E-state index is 5.63. The summed E-state index contributed by atoms with van der Waals surface area (Å²) in [4.78, 5) is 13.5. The van der Waals surface area contributed by atoms with Crippen molar-refractivity contribution in [1.82, 2.24) is 20.6 Å². The fourth-order valence-corrected chi connectivity index (χ4v) is 3.28. The summed E-state index contributed by atoms with van der Waals surface area (Å²) < 4.78 is 5.63. The van der Waals surface area contributed by atoms with Crippen molar-refractivity contribution in [3.05, 3.63) is 53.3 Å². The third-order valence-electron chi connectivity index (χ3n) is 4.47. The maximum atomic E-state index is 5.63. The molecule has 1 aromatic carbocycles. The SMILES string of the molecule is Cc1cc(C)nc(NC(=NCCc2ccccc2)NC(=S)NCC2CCCO2)n1. The van der Waals surface area contributed by atoms with E-state index >= 15 is 0 Å². The fourth-order valence-electron chi connectivity index (χ4n) is 3.10. The molecule has 29 heavy (non-hydrogen) atoms. The Morgan fingerprint density at radius 3 is 2.66 bits per heavy atom. The van der Waals surface area contributed by atoms with Gasteiger partial charge in [-0.25, -0.2) is 9.97 Å². The summed E-state index contributed by atoms with van der Waals surface area (Å²) >= 11 is 5.44. The van der Waals surface area contributed by atoms with Gasteiger partial charge in [-0.3, -0.25) is 10.3 Å². The monoisotopic (exact) mass is 412 g/mol. The highest BCUT2D eigenvalue weighted by Gasteiger charge is 2.15. The van der Waals surface area contributed by atoms with Crippen molar-refractivity contribution >= 4 is 29.2 Å². The smallest absolute Gasteiger partial charge is 0.229 e. The number of ether oxygens (including phenoxy) is 1. The minimum atomic E-state index is 0.212. The van der Waals surface area contributed by atoms with Gasteiger partial charge in [0.1, 0.15) is 0 Å². The second-order valence-corrected chi connectivity index (χ2v) is 7.44. The number of rotatable bonds is 6. The number of anilines is 1. The molecule has 0 amide bonds. The molecule has 3 rings (SSSR count). The minimum absolute atomic E-state index is 0.212. The second kappa shape index (κ2) is 10.8. The molecule has 1 saturated heterocycles. The van der Waals surface area contributed by atoms with Gasteiger partial charge in [-0.15, -0.1) is 0 Å². The van der Waals surface area contributed by atoms with Crippen LogP contribution in [0.4, 0.5) is 5.95 Å². The molecule has 7 nitrogen and oxygen atoms in total. The van der Waals surface area contributed by atoms with Crippen LogP contribution in [-0.2, 0) is 11.2 Å². The van der Waals surface area contributed by atoms with Crippen LogP contribution < -0.4 is 16.0 Å². The summed E-state index contributed by atoms with van der Waals surface area (Å²) in [5, 5.41) is 10.0. The lowest BCUT2D eigenvalue weighted by Gasteiger charge is -2.16. The summed E-state index contributed by atoms with van der Waals surface area (Å²) in [6, 6.07) is 12.2. The van der Waals surface area contributed by atoms with Gasteiger partial charge < -0.3 is 15.4 Å². The van der Waals surface area contributed by atoms with Crippen LogP contribution >= 0.6 is 12.2 Å². The number of nitrogens with zero attached hydrogens (tertiary/aromatic N) is 3. The lowest BCUT2D eigenvalue weighted by molar-refractivity contribution is 0.114. The van der Waals surface area contributed by atoms with Crippen molar-refractivity contribution < 1.29 is 4.74 Å². The van der Waals surface area contributed by atoms with Crippen LogP contribution in [0, 0.1) is 13.8 Å². The van der Waals surface area contributed by atoms with Gasteiger partial charge in [0.25, 0.3) is 0 Å². The molecule has 1 aliphatic heterocycles. The van der Waals surface area contributed by atoms with E-state index in [0.717, 1.165) is 37.3 Å². The summed E-state index contributed by atoms with van der Waals surface area (Å²) in [5.74, 6) is 1.02. The third kappa shape index (κ3) is 7.40. The van der Waals surface area contributed by atoms with Crippen molar-refractivity contribution in [3.63, 3.8) is 0 Å². The third-order valence-corrected chi connectivity index (χ3v) is 4.72. The Labute approximate surface area is 177 Å². The number of aryl methyl sites for hydroxylation is 2. The molecule has 0 aliphatic carbocycles. The van der Waals surface area contributed by atoms with E-state index in [1.807, 2.05) is 38.1 Å². The number of nitrogens with one attached hydrogen (secondary N) is 3. The normalized spacial score (nSPS) is 16.5. The number of hydrogen-bond donors (Lipinski definition) is 3. The van der Waals surface area contributed by atoms with Gasteiger partial charge in [-0.1, -0.05) is 30.3 Å². The molecule has 8 heteroatoms. The molecule has 1 fully saturated rings. The number of benzene rings is 1. The van der Waals surface area contributed by atoms with Crippen molar-refractivity contribution in [2.75, 3.05) is 25.0 Å². The van der Waals surface area contributed by atoms with Crippen molar-refractivity contribution in [2.24, 2.45) is 4.99 Å². The Morgan fingerprint density at radius 2 is 1.97 bits per heavy atom. The molecular weight excluding hydrogens is 384 g/mol. The van der Waals surface area contributed by atoms with Gasteiger partial charge in [0, 0.05) is 31.1 Å². The molecule has 2 heterocycles. The molecule has 1 aromatic heterocycles. The first kappa shape index (κ1) is 21.1. The van der Waals surface area contributed by atoms with Crippen molar-refractivity contribution in [3.8, 4) is 0 Å². The molecule has 154 valence electrons. The van der Waals surface area contributed by atoms with Crippen molar-refractivity contribution in [1.29, 1.82) is 0 Å². The molecule has 1 aliphatic rings. The van der Waals surface area contributed by atoms with E-state index in [0.29, 0.717) is 30.1 Å². The summed E-state index contributed by atoms with van der Waals surface area (Å²) in [6.45, 7) is 5.99. The van der Waals surface area contributed by atoms with Gasteiger partial charge in [0.2, 0.25) is 11.9 Å². The van der Waals surface area contributed by atoms with Crippen LogP contribution in [-0.4, -0.2) is 46.8 Å². The van der Waals surface area contributed by atoms with E-state index in [4.69, 9.17) is 17.0 Å². The number of hydrogen-bond acceptors (Lipinski definition) is 5. The Morgan fingerprint density at radius 1 is 1.21 bits per heavy atom. The Bertz CT molecular complexity index is 816. The molecule has 0 saturated carbocycles. The molecule has 0 bridgehead atoms. The van der Waals surface area contributed by atoms with E-state index in [2.05, 4.69) is 43.0 Å². The van der Waals surface area contributed by atoms with E-state index in [1.54, 1.807) is 0 Å². The standard InChI is InChI=1S/C21H28N6OS/c1-15-13-16(2)25-20(24-15)26-19(22-11-10-17-7-4-3-5-8-17)27-21(29)23-14-18-9-6-12-28-18/h3-5,7-8,13,18H,6,9-12,14H2,1-2H3,(H3,22,23,24,25,26,27,29). The molecule has 0 spiro atoms. The highest BCUT2D eigenvalue weighted by atomic mass is 32.1. The molecule has 0 radical (unpaired) electrons. The number of thiocarbonyl (C=S) groups is 1. The number of guanidine groups is 1. The summed E-state index contributed by atoms with van der Waals surface area (Å²) in [6.07, 6.45) is 3.20. The van der Waals surface area contributed by atoms with E-state index in [1.165, 1.54) is 5.56 Å². The second-order valence-electron chi connectivity index (χ2n) is 7.04. The maximum Gasteiger partial charge on any atom is 0.229 e. The first-order valence-electron chi connectivity index (χ1n) is 9.92. The largest absolute Gasteiger partial charge is 0.376 e. The molecule has 1 atom stereocenters. The molecule has 2 aromatic rings. The van der Waals surface area contributed by atoms with Crippen LogP contribution in [0.1, 0.15) is 29.8 Å². The Balaban J connectivity index is 1.62. The first-order valence-corrected chi connectivity index (χ1v) is 10.3. The zero-order valence-corrected chi connectivity index (χ0v) is 17.8. The molecular formula is C21H28N6OS. The topological polar surface area (TPSA) is 83.5 Å². The fraction of sp³-hybridized carbons (Fsp3) is 0.429. The van der Waals surface area contributed by atoms with Crippen LogP contribution in [0.15, 0.2) is 41.4 Å². The van der Waals surface area contributed by atoms with Gasteiger partial charge >= 0.3 is 0 Å². The van der Waals surface area contributed by atoms with E-state index in [-0.39, 0.29) is 6.10 Å². The average Bonchev–Trinajstić information content (AvgIpc) is 3.20.